The summed E-state index contributed by atoms with van der Waals surface area (Å²) in [4.78, 5) is 0.326. The number of aliphatic hydroxyl groups excluding tert-OH is 1. The fourth-order valence-corrected chi connectivity index (χ4v) is 4.35. The lowest BCUT2D eigenvalue weighted by atomic mass is 10.2. The van der Waals surface area contributed by atoms with E-state index in [1.165, 1.54) is 24.3 Å². The van der Waals surface area contributed by atoms with Crippen molar-refractivity contribution in [1.29, 1.82) is 0 Å². The number of benzene rings is 4. The van der Waals surface area contributed by atoms with Crippen LogP contribution < -0.4 is 14.2 Å². The molecule has 0 bridgehead atoms. The number of aliphatic hydroxyl groups is 1. The van der Waals surface area contributed by atoms with Gasteiger partial charge in [0.2, 0.25) is 9.84 Å². The Bertz CT molecular complexity index is 1200. The van der Waals surface area contributed by atoms with Crippen LogP contribution in [0.4, 0.5) is 0 Å². The van der Waals surface area contributed by atoms with Gasteiger partial charge in [0.25, 0.3) is 0 Å². The number of methoxy groups -OCH3 is 1. The Morgan fingerprint density at radius 3 is 1.27 bits per heavy atom. The third-order valence-electron chi connectivity index (χ3n) is 4.90. The first-order chi connectivity index (χ1) is 16.0. The van der Waals surface area contributed by atoms with Gasteiger partial charge in [-0.3, -0.25) is 0 Å². The second kappa shape index (κ2) is 9.77. The maximum absolute atomic E-state index is 13.0. The van der Waals surface area contributed by atoms with E-state index in [0.29, 0.717) is 23.0 Å². The van der Waals surface area contributed by atoms with Crippen molar-refractivity contribution in [2.45, 2.75) is 16.4 Å². The van der Waals surface area contributed by atoms with Gasteiger partial charge in [0.05, 0.1) is 23.5 Å². The van der Waals surface area contributed by atoms with Gasteiger partial charge in [-0.1, -0.05) is 12.1 Å². The third kappa shape index (κ3) is 5.34. The van der Waals surface area contributed by atoms with Crippen LogP contribution >= 0.6 is 0 Å². The van der Waals surface area contributed by atoms with Crippen molar-refractivity contribution in [1.82, 2.24) is 0 Å². The lowest BCUT2D eigenvalue weighted by Gasteiger charge is -2.10. The molecule has 0 unspecified atom stereocenters. The highest BCUT2D eigenvalue weighted by molar-refractivity contribution is 7.91. The highest BCUT2D eigenvalue weighted by Gasteiger charge is 2.18. The molecule has 0 spiro atoms. The van der Waals surface area contributed by atoms with E-state index >= 15 is 0 Å². The number of hydrogen-bond donors (Lipinski definition) is 1. The molecule has 7 heteroatoms. The van der Waals surface area contributed by atoms with Crippen LogP contribution in [0.5, 0.6) is 28.7 Å². The van der Waals surface area contributed by atoms with Crippen LogP contribution in [0.25, 0.3) is 0 Å². The fourth-order valence-electron chi connectivity index (χ4n) is 3.09. The molecule has 0 aliphatic heterocycles. The lowest BCUT2D eigenvalue weighted by molar-refractivity contribution is 0.281. The summed E-state index contributed by atoms with van der Waals surface area (Å²) in [7, 11) is -2.10. The quantitative estimate of drug-likeness (QED) is 0.367. The minimum Gasteiger partial charge on any atom is -0.497 e. The molecule has 0 atom stereocenters. The molecule has 0 radical (unpaired) electrons. The van der Waals surface area contributed by atoms with Crippen molar-refractivity contribution >= 4 is 9.84 Å². The molecule has 33 heavy (non-hydrogen) atoms. The Kier molecular flexibility index (Phi) is 6.63. The molecule has 0 aliphatic carbocycles. The first-order valence-electron chi connectivity index (χ1n) is 10.1. The van der Waals surface area contributed by atoms with Crippen molar-refractivity contribution in [2.24, 2.45) is 0 Å². The summed E-state index contributed by atoms with van der Waals surface area (Å²) in [6.45, 7) is -0.0403. The highest BCUT2D eigenvalue weighted by Crippen LogP contribution is 2.29. The Labute approximate surface area is 192 Å². The first kappa shape index (κ1) is 22.4. The van der Waals surface area contributed by atoms with Crippen molar-refractivity contribution in [3.63, 3.8) is 0 Å². The zero-order chi connectivity index (χ0) is 23.3. The van der Waals surface area contributed by atoms with Gasteiger partial charge in [-0.25, -0.2) is 8.42 Å². The molecule has 0 amide bonds. The van der Waals surface area contributed by atoms with Crippen LogP contribution in [0.15, 0.2) is 107 Å². The Morgan fingerprint density at radius 1 is 0.576 bits per heavy atom. The van der Waals surface area contributed by atoms with Gasteiger partial charge in [0.15, 0.2) is 0 Å². The summed E-state index contributed by atoms with van der Waals surface area (Å²) in [6.07, 6.45) is 0. The van der Waals surface area contributed by atoms with Crippen LogP contribution in [0.1, 0.15) is 5.56 Å². The van der Waals surface area contributed by atoms with Crippen LogP contribution in [0.3, 0.4) is 0 Å². The average Bonchev–Trinajstić information content (AvgIpc) is 2.86. The second-order valence-electron chi connectivity index (χ2n) is 7.13. The van der Waals surface area contributed by atoms with Crippen LogP contribution in [-0.4, -0.2) is 20.6 Å². The van der Waals surface area contributed by atoms with E-state index in [0.717, 1.165) is 11.3 Å². The summed E-state index contributed by atoms with van der Waals surface area (Å²) >= 11 is 0. The van der Waals surface area contributed by atoms with Crippen LogP contribution in [0, 0.1) is 0 Å². The summed E-state index contributed by atoms with van der Waals surface area (Å²) < 4.78 is 42.6. The van der Waals surface area contributed by atoms with E-state index in [-0.39, 0.29) is 16.4 Å². The first-order valence-corrected chi connectivity index (χ1v) is 11.6. The zero-order valence-corrected chi connectivity index (χ0v) is 18.7. The maximum Gasteiger partial charge on any atom is 0.206 e. The summed E-state index contributed by atoms with van der Waals surface area (Å²) in [6, 6.07) is 26.6. The molecule has 168 valence electrons. The monoisotopic (exact) mass is 462 g/mol. The molecule has 4 aromatic carbocycles. The molecular weight excluding hydrogens is 440 g/mol. The predicted molar refractivity (Wildman–Crippen MR) is 124 cm³/mol. The molecule has 0 fully saturated rings. The van der Waals surface area contributed by atoms with E-state index < -0.39 is 9.84 Å². The van der Waals surface area contributed by atoms with Crippen molar-refractivity contribution in [2.75, 3.05) is 7.11 Å². The van der Waals surface area contributed by atoms with Crippen molar-refractivity contribution in [3.05, 3.63) is 103 Å². The van der Waals surface area contributed by atoms with Crippen molar-refractivity contribution in [3.8, 4) is 28.7 Å². The topological polar surface area (TPSA) is 82.1 Å². The van der Waals surface area contributed by atoms with E-state index in [1.807, 2.05) is 0 Å². The molecular formula is C26H22O6S. The SMILES string of the molecule is COc1ccc(Oc2ccc(S(=O)(=O)c3ccc(Oc4ccc(CO)cc4)cc3)cc2)cc1. The predicted octanol–water partition coefficient (Wildman–Crippen LogP) is 5.60. The number of rotatable bonds is 8. The zero-order valence-electron chi connectivity index (χ0n) is 17.8. The largest absolute Gasteiger partial charge is 0.497 e. The molecule has 0 aromatic heterocycles. The molecule has 0 heterocycles. The normalized spacial score (nSPS) is 11.1. The molecule has 0 saturated heterocycles. The standard InChI is InChI=1S/C26H22O6S/c1-30-20-6-8-22(9-7-20)32-24-12-16-26(17-13-24)33(28,29)25-14-10-23(11-15-25)31-21-4-2-19(18-27)3-5-21/h2-17,27H,18H2,1H3. The Morgan fingerprint density at radius 2 is 0.909 bits per heavy atom. The van der Waals surface area contributed by atoms with Gasteiger partial charge in [-0.15, -0.1) is 0 Å². The molecule has 4 rings (SSSR count). The molecule has 1 N–H and O–H groups in total. The molecule has 0 aliphatic rings. The summed E-state index contributed by atoms with van der Waals surface area (Å²) in [5.74, 6) is 2.96. The fraction of sp³-hybridized carbons (Fsp3) is 0.0769. The molecule has 6 nitrogen and oxygen atoms in total. The summed E-state index contributed by atoms with van der Waals surface area (Å²) in [5, 5.41) is 9.11. The van der Waals surface area contributed by atoms with Gasteiger partial charge in [0, 0.05) is 0 Å². The minimum atomic E-state index is -3.69. The van der Waals surface area contributed by atoms with Gasteiger partial charge < -0.3 is 19.3 Å². The third-order valence-corrected chi connectivity index (χ3v) is 6.69. The van der Waals surface area contributed by atoms with E-state index in [1.54, 1.807) is 79.9 Å². The van der Waals surface area contributed by atoms with Gasteiger partial charge >= 0.3 is 0 Å². The Hall–Kier alpha value is -3.81. The van der Waals surface area contributed by atoms with E-state index in [2.05, 4.69) is 0 Å². The number of sulfone groups is 1. The van der Waals surface area contributed by atoms with Crippen molar-refractivity contribution < 1.29 is 27.7 Å². The number of hydrogen-bond acceptors (Lipinski definition) is 6. The van der Waals surface area contributed by atoms with E-state index in [9.17, 15) is 8.42 Å². The van der Waals surface area contributed by atoms with E-state index in [4.69, 9.17) is 19.3 Å². The minimum absolute atomic E-state index is 0.0403. The van der Waals surface area contributed by atoms with Gasteiger partial charge in [-0.05, 0) is 90.5 Å². The molecule has 0 saturated carbocycles. The highest BCUT2D eigenvalue weighted by atomic mass is 32.2. The number of ether oxygens (including phenoxy) is 3. The smallest absolute Gasteiger partial charge is 0.206 e. The Balaban J connectivity index is 1.45. The molecule has 4 aromatic rings. The summed E-state index contributed by atoms with van der Waals surface area (Å²) in [5.41, 5.74) is 0.782. The lowest BCUT2D eigenvalue weighted by Crippen LogP contribution is -2.01. The van der Waals surface area contributed by atoms with Gasteiger partial charge in [-0.2, -0.15) is 0 Å². The maximum atomic E-state index is 13.0. The average molecular weight is 463 g/mol. The van der Waals surface area contributed by atoms with Gasteiger partial charge in [0.1, 0.15) is 28.7 Å². The second-order valence-corrected chi connectivity index (χ2v) is 9.08. The van der Waals surface area contributed by atoms with Crippen LogP contribution in [-0.2, 0) is 16.4 Å². The van der Waals surface area contributed by atoms with Crippen LogP contribution in [0.2, 0.25) is 0 Å².